The lowest BCUT2D eigenvalue weighted by molar-refractivity contribution is -0.123. The lowest BCUT2D eigenvalue weighted by Crippen LogP contribution is -2.43. The molecule has 0 fully saturated rings. The molecule has 38 heavy (non-hydrogen) atoms. The van der Waals surface area contributed by atoms with Crippen LogP contribution in [0.4, 0.5) is 0 Å². The van der Waals surface area contributed by atoms with E-state index in [-0.39, 0.29) is 67.9 Å². The molecular weight excluding hydrogens is 535 g/mol. The van der Waals surface area contributed by atoms with Crippen molar-refractivity contribution in [2.45, 2.75) is 44.9 Å². The zero-order valence-corrected chi connectivity index (χ0v) is 22.3. The number of aromatic nitrogens is 2. The lowest BCUT2D eigenvalue weighted by atomic mass is 10.1. The minimum atomic E-state index is -0.838. The van der Waals surface area contributed by atoms with E-state index in [1.54, 1.807) is 31.2 Å². The van der Waals surface area contributed by atoms with Gasteiger partial charge in [-0.05, 0) is 55.2 Å². The van der Waals surface area contributed by atoms with Crippen LogP contribution < -0.4 is 27.7 Å². The van der Waals surface area contributed by atoms with Crippen LogP contribution in [-0.2, 0) is 35.5 Å². The number of carbonyl (C=O) groups excluding carboxylic acids is 2. The van der Waals surface area contributed by atoms with E-state index in [4.69, 9.17) is 11.5 Å². The number of aromatic hydroxyl groups is 2. The van der Waals surface area contributed by atoms with Gasteiger partial charge >= 0.3 is 0 Å². The SMILES string of the molecule is Cc1nc(CNC(=O)C(N)Cc2ccc(O)cc2)c(=O)[nH]c1CNC(=O)C(N)Cc1ccc(O)cc1.Cl.Cl. The molecule has 0 spiro atoms. The van der Waals surface area contributed by atoms with E-state index in [2.05, 4.69) is 20.6 Å². The average molecular weight is 567 g/mol. The van der Waals surface area contributed by atoms with Gasteiger partial charge < -0.3 is 37.3 Å². The maximum absolute atomic E-state index is 12.5. The van der Waals surface area contributed by atoms with Gasteiger partial charge in [-0.1, -0.05) is 24.3 Å². The Bertz CT molecular complexity index is 1270. The molecule has 2 atom stereocenters. The number of aromatic amines is 1. The summed E-state index contributed by atoms with van der Waals surface area (Å²) >= 11 is 0. The zero-order valence-electron chi connectivity index (χ0n) is 20.6. The van der Waals surface area contributed by atoms with E-state index in [0.717, 1.165) is 11.1 Å². The monoisotopic (exact) mass is 566 g/mol. The molecule has 0 bridgehead atoms. The van der Waals surface area contributed by atoms with Crippen molar-refractivity contribution in [2.75, 3.05) is 0 Å². The average Bonchev–Trinajstić information content (AvgIpc) is 2.85. The van der Waals surface area contributed by atoms with Crippen molar-refractivity contribution in [3.05, 3.63) is 87.1 Å². The van der Waals surface area contributed by atoms with Gasteiger partial charge in [-0.25, -0.2) is 4.98 Å². The molecule has 9 N–H and O–H groups in total. The number of hydrogen-bond donors (Lipinski definition) is 7. The van der Waals surface area contributed by atoms with E-state index < -0.39 is 29.5 Å². The molecule has 0 radical (unpaired) electrons. The Morgan fingerprint density at radius 2 is 1.26 bits per heavy atom. The Kier molecular flexibility index (Phi) is 12.7. The predicted octanol–water partition coefficient (Wildman–Crippen LogP) is 0.706. The van der Waals surface area contributed by atoms with Crippen LogP contribution in [0.25, 0.3) is 0 Å². The first kappa shape index (κ1) is 32.4. The summed E-state index contributed by atoms with van der Waals surface area (Å²) in [7, 11) is 0. The Labute approximate surface area is 231 Å². The van der Waals surface area contributed by atoms with Crippen molar-refractivity contribution in [1.82, 2.24) is 20.6 Å². The fourth-order valence-corrected chi connectivity index (χ4v) is 3.48. The molecule has 3 rings (SSSR count). The number of nitrogens with one attached hydrogen (secondary N) is 3. The van der Waals surface area contributed by atoms with Crippen LogP contribution in [-0.4, -0.2) is 44.1 Å². The van der Waals surface area contributed by atoms with Gasteiger partial charge in [0.15, 0.2) is 0 Å². The summed E-state index contributed by atoms with van der Waals surface area (Å²) in [6, 6.07) is 11.1. The van der Waals surface area contributed by atoms with Crippen molar-refractivity contribution in [1.29, 1.82) is 0 Å². The maximum atomic E-state index is 12.5. The summed E-state index contributed by atoms with van der Waals surface area (Å²) in [4.78, 5) is 44.1. The van der Waals surface area contributed by atoms with Gasteiger partial charge in [-0.15, -0.1) is 24.8 Å². The van der Waals surface area contributed by atoms with Crippen molar-refractivity contribution in [2.24, 2.45) is 11.5 Å². The molecule has 2 unspecified atom stereocenters. The number of amides is 2. The number of aryl methyl sites for hydroxylation is 1. The fourth-order valence-electron chi connectivity index (χ4n) is 3.48. The van der Waals surface area contributed by atoms with E-state index in [0.29, 0.717) is 11.4 Å². The first-order chi connectivity index (χ1) is 17.1. The highest BCUT2D eigenvalue weighted by Gasteiger charge is 2.17. The number of rotatable bonds is 10. The molecule has 0 saturated heterocycles. The summed E-state index contributed by atoms with van der Waals surface area (Å²) in [5.41, 5.74) is 14.0. The maximum Gasteiger partial charge on any atom is 0.271 e. The first-order valence-electron chi connectivity index (χ1n) is 11.3. The molecule has 0 aliphatic carbocycles. The van der Waals surface area contributed by atoms with Gasteiger partial charge in [0, 0.05) is 0 Å². The molecule has 206 valence electrons. The van der Waals surface area contributed by atoms with E-state index in [1.165, 1.54) is 24.3 Å². The Morgan fingerprint density at radius 1 is 0.842 bits per heavy atom. The summed E-state index contributed by atoms with van der Waals surface area (Å²) in [6.07, 6.45) is 0.551. The third-order valence-electron chi connectivity index (χ3n) is 5.59. The van der Waals surface area contributed by atoms with Crippen LogP contribution in [0.3, 0.4) is 0 Å². The second-order valence-electron chi connectivity index (χ2n) is 8.47. The summed E-state index contributed by atoms with van der Waals surface area (Å²) in [6.45, 7) is 1.60. The molecule has 0 aliphatic rings. The molecule has 13 heteroatoms. The molecule has 0 saturated carbocycles. The van der Waals surface area contributed by atoms with E-state index >= 15 is 0 Å². The van der Waals surface area contributed by atoms with Crippen LogP contribution >= 0.6 is 24.8 Å². The fraction of sp³-hybridized carbons (Fsp3) is 0.280. The molecular formula is C25H32Cl2N6O5. The van der Waals surface area contributed by atoms with Gasteiger partial charge in [-0.2, -0.15) is 0 Å². The molecule has 1 aromatic heterocycles. The Morgan fingerprint density at radius 3 is 1.71 bits per heavy atom. The molecule has 1 heterocycles. The minimum absolute atomic E-state index is 0. The molecule has 3 aromatic rings. The number of carbonyl (C=O) groups is 2. The highest BCUT2D eigenvalue weighted by atomic mass is 35.5. The topological polar surface area (TPSA) is 196 Å². The standard InChI is InChI=1S/C25H30N6O5.2ClH/c1-14-21(12-28-23(34)19(26)10-15-2-6-17(32)7-3-15)31-25(36)22(30-14)13-29-24(35)20(27)11-16-4-8-18(33)9-5-16;;/h2-9,19-20,32-33H,10-13,26-27H2,1H3,(H,28,34)(H,29,35)(H,31,36);2*1H. The van der Waals surface area contributed by atoms with Gasteiger partial charge in [0.05, 0.1) is 36.6 Å². The number of phenols is 2. The normalized spacial score (nSPS) is 11.9. The van der Waals surface area contributed by atoms with Crippen molar-refractivity contribution in [3.63, 3.8) is 0 Å². The summed E-state index contributed by atoms with van der Waals surface area (Å²) < 4.78 is 0. The number of nitrogens with two attached hydrogens (primary N) is 2. The summed E-state index contributed by atoms with van der Waals surface area (Å²) in [5, 5.41) is 24.0. The molecule has 0 aliphatic heterocycles. The van der Waals surface area contributed by atoms with Crippen molar-refractivity contribution in [3.8, 4) is 11.5 Å². The second-order valence-corrected chi connectivity index (χ2v) is 8.47. The number of phenolic OH excluding ortho intramolecular Hbond substituents is 2. The van der Waals surface area contributed by atoms with E-state index in [9.17, 15) is 24.6 Å². The van der Waals surface area contributed by atoms with Crippen molar-refractivity contribution < 1.29 is 19.8 Å². The Balaban J connectivity index is 0.00000361. The van der Waals surface area contributed by atoms with Gasteiger partial charge in [0.25, 0.3) is 5.56 Å². The van der Waals surface area contributed by atoms with Crippen LogP contribution in [0.1, 0.15) is 28.2 Å². The van der Waals surface area contributed by atoms with Gasteiger partial charge in [0.2, 0.25) is 11.8 Å². The van der Waals surface area contributed by atoms with Gasteiger partial charge in [-0.3, -0.25) is 14.4 Å². The van der Waals surface area contributed by atoms with Crippen LogP contribution in [0.2, 0.25) is 0 Å². The van der Waals surface area contributed by atoms with Gasteiger partial charge in [0.1, 0.15) is 17.2 Å². The number of benzene rings is 2. The second kappa shape index (κ2) is 14.9. The number of halogens is 2. The van der Waals surface area contributed by atoms with E-state index in [1.807, 2.05) is 0 Å². The zero-order chi connectivity index (χ0) is 26.2. The third kappa shape index (κ3) is 9.34. The quantitative estimate of drug-likeness (QED) is 0.186. The highest BCUT2D eigenvalue weighted by molar-refractivity contribution is 5.85. The Hall–Kier alpha value is -3.64. The molecule has 2 aromatic carbocycles. The lowest BCUT2D eigenvalue weighted by Gasteiger charge is -2.14. The van der Waals surface area contributed by atoms with Crippen molar-refractivity contribution >= 4 is 36.6 Å². The predicted molar refractivity (Wildman–Crippen MR) is 147 cm³/mol. The number of nitrogens with zero attached hydrogens (tertiary/aromatic N) is 1. The number of H-pyrrole nitrogens is 1. The number of hydrogen-bond acceptors (Lipinski definition) is 8. The van der Waals surface area contributed by atoms with Crippen LogP contribution in [0.5, 0.6) is 11.5 Å². The minimum Gasteiger partial charge on any atom is -0.508 e. The third-order valence-corrected chi connectivity index (χ3v) is 5.59. The molecule has 11 nitrogen and oxygen atoms in total. The highest BCUT2D eigenvalue weighted by Crippen LogP contribution is 2.12. The largest absolute Gasteiger partial charge is 0.508 e. The summed E-state index contributed by atoms with van der Waals surface area (Å²) in [5.74, 6) is -0.593. The van der Waals surface area contributed by atoms with Crippen LogP contribution in [0, 0.1) is 6.92 Å². The first-order valence-corrected chi connectivity index (χ1v) is 11.3. The molecule has 2 amide bonds. The smallest absolute Gasteiger partial charge is 0.271 e. The van der Waals surface area contributed by atoms with Crippen LogP contribution in [0.15, 0.2) is 53.3 Å².